The van der Waals surface area contributed by atoms with E-state index in [0.717, 1.165) is 13.0 Å². The lowest BCUT2D eigenvalue weighted by Crippen LogP contribution is -2.37. The van der Waals surface area contributed by atoms with Gasteiger partial charge in [-0.1, -0.05) is 5.16 Å². The van der Waals surface area contributed by atoms with Gasteiger partial charge in [0.05, 0.1) is 0 Å². The predicted molar refractivity (Wildman–Crippen MR) is 61.8 cm³/mol. The number of aromatic nitrogens is 1. The molecule has 1 atom stereocenters. The predicted octanol–water partition coefficient (Wildman–Crippen LogP) is 0.887. The van der Waals surface area contributed by atoms with Crippen LogP contribution in [0.5, 0.6) is 0 Å². The normalized spacial score (nSPS) is 19.2. The quantitative estimate of drug-likeness (QED) is 0.830. The number of carbonyl (C=O) groups is 1. The van der Waals surface area contributed by atoms with Crippen LogP contribution in [0, 0.1) is 6.92 Å². The zero-order valence-corrected chi connectivity index (χ0v) is 9.97. The first-order chi connectivity index (χ1) is 7.25. The van der Waals surface area contributed by atoms with Crippen molar-refractivity contribution in [2.24, 2.45) is 0 Å². The molecular weight excluding hydrogens is 230 g/mol. The maximum Gasteiger partial charge on any atom is 0.273 e. The number of hydrogen-bond donors (Lipinski definition) is 2. The Morgan fingerprint density at radius 2 is 2.56 bits per heavy atom. The molecule has 2 N–H and O–H groups in total. The van der Waals surface area contributed by atoms with Crippen LogP contribution < -0.4 is 10.6 Å². The van der Waals surface area contributed by atoms with Crippen LogP contribution in [0.4, 0.5) is 0 Å². The van der Waals surface area contributed by atoms with Crippen molar-refractivity contribution in [1.29, 1.82) is 0 Å². The van der Waals surface area contributed by atoms with Crippen LogP contribution in [0.25, 0.3) is 0 Å². The second-order valence-electron chi connectivity index (χ2n) is 3.83. The zero-order valence-electron chi connectivity index (χ0n) is 9.16. The van der Waals surface area contributed by atoms with Crippen molar-refractivity contribution in [3.8, 4) is 0 Å². The Bertz CT molecular complexity index is 348. The third kappa shape index (κ3) is 3.21. The van der Waals surface area contributed by atoms with E-state index in [1.807, 2.05) is 0 Å². The molecule has 90 valence electrons. The van der Waals surface area contributed by atoms with E-state index < -0.39 is 0 Å². The lowest BCUT2D eigenvalue weighted by Gasteiger charge is -2.09. The fraction of sp³-hybridized carbons (Fsp3) is 0.600. The van der Waals surface area contributed by atoms with Crippen molar-refractivity contribution < 1.29 is 9.32 Å². The van der Waals surface area contributed by atoms with Crippen LogP contribution in [0.1, 0.15) is 29.1 Å². The number of nitrogens with one attached hydrogen (secondary N) is 2. The van der Waals surface area contributed by atoms with Gasteiger partial charge >= 0.3 is 0 Å². The van der Waals surface area contributed by atoms with Crippen LogP contribution in [0.15, 0.2) is 10.6 Å². The van der Waals surface area contributed by atoms with Crippen molar-refractivity contribution >= 4 is 18.3 Å². The Labute approximate surface area is 100 Å². The Kier molecular flexibility index (Phi) is 4.76. The average Bonchev–Trinajstić information content (AvgIpc) is 2.84. The summed E-state index contributed by atoms with van der Waals surface area (Å²) in [7, 11) is 0. The molecule has 6 heteroatoms. The lowest BCUT2D eigenvalue weighted by atomic mass is 10.2. The van der Waals surface area contributed by atoms with E-state index in [1.54, 1.807) is 13.0 Å². The van der Waals surface area contributed by atoms with E-state index in [-0.39, 0.29) is 18.3 Å². The van der Waals surface area contributed by atoms with Crippen molar-refractivity contribution in [3.05, 3.63) is 17.5 Å². The largest absolute Gasteiger partial charge is 0.361 e. The summed E-state index contributed by atoms with van der Waals surface area (Å²) in [5.41, 5.74) is 0.352. The topological polar surface area (TPSA) is 67.2 Å². The van der Waals surface area contributed by atoms with E-state index in [2.05, 4.69) is 15.8 Å². The summed E-state index contributed by atoms with van der Waals surface area (Å²) in [4.78, 5) is 11.6. The van der Waals surface area contributed by atoms with E-state index >= 15 is 0 Å². The zero-order chi connectivity index (χ0) is 10.7. The molecule has 1 unspecified atom stereocenters. The van der Waals surface area contributed by atoms with Gasteiger partial charge in [-0.15, -0.1) is 12.4 Å². The summed E-state index contributed by atoms with van der Waals surface area (Å²) in [6.07, 6.45) is 2.31. The van der Waals surface area contributed by atoms with Crippen LogP contribution >= 0.6 is 12.4 Å². The Hall–Kier alpha value is -1.07. The summed E-state index contributed by atoms with van der Waals surface area (Å²) in [6.45, 7) is 3.47. The number of hydrogen-bond acceptors (Lipinski definition) is 4. The number of nitrogens with zero attached hydrogens (tertiary/aromatic N) is 1. The second-order valence-corrected chi connectivity index (χ2v) is 3.83. The summed E-state index contributed by atoms with van der Waals surface area (Å²) >= 11 is 0. The molecule has 0 saturated carbocycles. The van der Waals surface area contributed by atoms with E-state index in [4.69, 9.17) is 4.52 Å². The van der Waals surface area contributed by atoms with E-state index in [0.29, 0.717) is 24.0 Å². The standard InChI is InChI=1S/C10H15N3O2.ClH/c1-7-5-9(13-15-7)10(14)12-6-8-3-2-4-11-8;/h5,8,11H,2-4,6H2,1H3,(H,12,14);1H. The fourth-order valence-electron chi connectivity index (χ4n) is 1.71. The average molecular weight is 246 g/mol. The molecule has 1 aliphatic rings. The molecule has 0 aliphatic carbocycles. The van der Waals surface area contributed by atoms with Gasteiger partial charge in [-0.2, -0.15) is 0 Å². The molecule has 0 spiro atoms. The number of carbonyl (C=O) groups excluding carboxylic acids is 1. The maximum absolute atomic E-state index is 11.6. The molecule has 2 rings (SSSR count). The molecule has 2 heterocycles. The number of aryl methyl sites for hydroxylation is 1. The molecule has 1 aromatic rings. The first-order valence-electron chi connectivity index (χ1n) is 5.20. The Morgan fingerprint density at radius 3 is 3.12 bits per heavy atom. The van der Waals surface area contributed by atoms with Gasteiger partial charge < -0.3 is 15.2 Å². The highest BCUT2D eigenvalue weighted by Gasteiger charge is 2.16. The Balaban J connectivity index is 0.00000128. The first-order valence-corrected chi connectivity index (χ1v) is 5.20. The van der Waals surface area contributed by atoms with Crippen LogP contribution in [0.3, 0.4) is 0 Å². The summed E-state index contributed by atoms with van der Waals surface area (Å²) in [5.74, 6) is 0.486. The molecule has 1 aliphatic heterocycles. The SMILES string of the molecule is Cc1cc(C(=O)NCC2CCCN2)no1.Cl. The van der Waals surface area contributed by atoms with Gasteiger partial charge in [0.25, 0.3) is 5.91 Å². The smallest absolute Gasteiger partial charge is 0.273 e. The molecule has 16 heavy (non-hydrogen) atoms. The van der Waals surface area contributed by atoms with Crippen LogP contribution in [-0.2, 0) is 0 Å². The minimum absolute atomic E-state index is 0. The summed E-state index contributed by atoms with van der Waals surface area (Å²) in [5, 5.41) is 9.79. The van der Waals surface area contributed by atoms with Gasteiger partial charge in [0.1, 0.15) is 5.76 Å². The molecule has 1 fully saturated rings. The fourth-order valence-corrected chi connectivity index (χ4v) is 1.71. The van der Waals surface area contributed by atoms with E-state index in [1.165, 1.54) is 6.42 Å². The minimum atomic E-state index is -0.166. The van der Waals surface area contributed by atoms with Gasteiger partial charge in [-0.25, -0.2) is 0 Å². The minimum Gasteiger partial charge on any atom is -0.361 e. The Morgan fingerprint density at radius 1 is 1.75 bits per heavy atom. The van der Waals surface area contributed by atoms with Crippen LogP contribution in [0.2, 0.25) is 0 Å². The van der Waals surface area contributed by atoms with Gasteiger partial charge in [-0.3, -0.25) is 4.79 Å². The molecule has 0 aromatic carbocycles. The molecule has 0 bridgehead atoms. The molecule has 0 radical (unpaired) electrons. The van der Waals surface area contributed by atoms with Gasteiger partial charge in [-0.05, 0) is 26.3 Å². The molecule has 1 saturated heterocycles. The lowest BCUT2D eigenvalue weighted by molar-refractivity contribution is 0.0941. The first kappa shape index (κ1) is 13.0. The van der Waals surface area contributed by atoms with Crippen molar-refractivity contribution in [1.82, 2.24) is 15.8 Å². The van der Waals surface area contributed by atoms with Crippen molar-refractivity contribution in [2.75, 3.05) is 13.1 Å². The highest BCUT2D eigenvalue weighted by molar-refractivity contribution is 5.92. The number of rotatable bonds is 3. The monoisotopic (exact) mass is 245 g/mol. The summed E-state index contributed by atoms with van der Waals surface area (Å²) in [6, 6.07) is 2.04. The van der Waals surface area contributed by atoms with E-state index in [9.17, 15) is 4.79 Å². The van der Waals surface area contributed by atoms with Crippen LogP contribution in [-0.4, -0.2) is 30.2 Å². The third-order valence-electron chi connectivity index (χ3n) is 2.53. The molecular formula is C10H16ClN3O2. The van der Waals surface area contributed by atoms with Gasteiger partial charge in [0.15, 0.2) is 5.69 Å². The molecule has 1 aromatic heterocycles. The molecule has 1 amide bonds. The number of amides is 1. The van der Waals surface area contributed by atoms with Gasteiger partial charge in [0, 0.05) is 18.7 Å². The van der Waals surface area contributed by atoms with Crippen molar-refractivity contribution in [3.63, 3.8) is 0 Å². The summed E-state index contributed by atoms with van der Waals surface area (Å²) < 4.78 is 4.83. The molecule has 5 nitrogen and oxygen atoms in total. The van der Waals surface area contributed by atoms with Crippen molar-refractivity contribution in [2.45, 2.75) is 25.8 Å². The maximum atomic E-state index is 11.6. The highest BCUT2D eigenvalue weighted by Crippen LogP contribution is 2.04. The third-order valence-corrected chi connectivity index (χ3v) is 2.53. The number of halogens is 1. The second kappa shape index (κ2) is 5.86. The van der Waals surface area contributed by atoms with Gasteiger partial charge in [0.2, 0.25) is 0 Å². The highest BCUT2D eigenvalue weighted by atomic mass is 35.5.